The van der Waals surface area contributed by atoms with Gasteiger partial charge in [0.15, 0.2) is 7.14 Å². The maximum Gasteiger partial charge on any atom is 0.174 e. The van der Waals surface area contributed by atoms with Crippen molar-refractivity contribution in [2.45, 2.75) is 0 Å². The maximum atomic E-state index is 16.2. The summed E-state index contributed by atoms with van der Waals surface area (Å²) in [6, 6.07) is 55.0. The average Bonchev–Trinajstić information content (AvgIpc) is 3.56. The van der Waals surface area contributed by atoms with E-state index in [2.05, 4.69) is 126 Å². The summed E-state index contributed by atoms with van der Waals surface area (Å²) >= 11 is 0. The number of fused-ring (bicyclic) bond motifs is 9. The molecule has 1 aliphatic rings. The van der Waals surface area contributed by atoms with Gasteiger partial charge >= 0.3 is 0 Å². The summed E-state index contributed by atoms with van der Waals surface area (Å²) in [6.45, 7) is 0. The normalized spacial score (nSPS) is 15.6. The van der Waals surface area contributed by atoms with Gasteiger partial charge in [0.1, 0.15) is 0 Å². The van der Waals surface area contributed by atoms with Crippen molar-refractivity contribution >= 4 is 55.6 Å². The van der Waals surface area contributed by atoms with Gasteiger partial charge in [0.2, 0.25) is 0 Å². The first-order valence-electron chi connectivity index (χ1n) is 14.6. The van der Waals surface area contributed by atoms with Gasteiger partial charge in [-0.05, 0) is 51.2 Å². The molecule has 1 aromatic heterocycles. The zero-order chi connectivity index (χ0) is 28.5. The van der Waals surface area contributed by atoms with Crippen LogP contribution >= 0.6 is 7.14 Å². The summed E-state index contributed by atoms with van der Waals surface area (Å²) < 4.78 is 18.5. The summed E-state index contributed by atoms with van der Waals surface area (Å²) in [5.74, 6) is 0. The Bertz CT molecular complexity index is 2400. The molecule has 0 saturated heterocycles. The molecule has 8 aromatic rings. The number of para-hydroxylation sites is 1. The van der Waals surface area contributed by atoms with Crippen LogP contribution in [0, 0.1) is 0 Å². The van der Waals surface area contributed by atoms with Gasteiger partial charge in [-0.3, -0.25) is 0 Å². The van der Waals surface area contributed by atoms with Crippen molar-refractivity contribution in [2.24, 2.45) is 0 Å². The van der Waals surface area contributed by atoms with Crippen molar-refractivity contribution in [3.05, 3.63) is 158 Å². The molecule has 0 aliphatic carbocycles. The third-order valence-electron chi connectivity index (χ3n) is 8.98. The molecular formula is C40H26NOP. The van der Waals surface area contributed by atoms with Crippen LogP contribution in [0.5, 0.6) is 0 Å². The van der Waals surface area contributed by atoms with Gasteiger partial charge in [-0.2, -0.15) is 0 Å². The first-order chi connectivity index (χ1) is 21.2. The Labute approximate surface area is 249 Å². The molecule has 0 fully saturated rings. The summed E-state index contributed by atoms with van der Waals surface area (Å²) in [5, 5.41) is 7.21. The van der Waals surface area contributed by atoms with Crippen LogP contribution in [0.1, 0.15) is 0 Å². The zero-order valence-electron chi connectivity index (χ0n) is 23.3. The quantitative estimate of drug-likeness (QED) is 0.195. The SMILES string of the molecule is O=P1(c2ccccc2)c2c(ccc3ccccc23)-c2ccc3c4ccccc4n(-c4ccc(-c5ccccc5)cc4)c3c21. The van der Waals surface area contributed by atoms with Crippen LogP contribution in [-0.2, 0) is 4.57 Å². The molecule has 0 N–H and O–H groups in total. The van der Waals surface area contributed by atoms with E-state index in [0.717, 1.165) is 65.3 Å². The fourth-order valence-electron chi connectivity index (χ4n) is 7.10. The highest BCUT2D eigenvalue weighted by Gasteiger charge is 2.44. The van der Waals surface area contributed by atoms with Gasteiger partial charge in [-0.1, -0.05) is 140 Å². The van der Waals surface area contributed by atoms with E-state index in [9.17, 15) is 0 Å². The number of rotatable bonds is 3. The molecular weight excluding hydrogens is 541 g/mol. The van der Waals surface area contributed by atoms with Crippen LogP contribution in [0.25, 0.3) is 60.5 Å². The highest BCUT2D eigenvalue weighted by atomic mass is 31.2. The second-order valence-electron chi connectivity index (χ2n) is 11.3. The van der Waals surface area contributed by atoms with E-state index in [0.29, 0.717) is 0 Å². The van der Waals surface area contributed by atoms with Crippen molar-refractivity contribution < 1.29 is 4.57 Å². The Hall–Kier alpha value is -5.17. The van der Waals surface area contributed by atoms with E-state index < -0.39 is 7.14 Å². The van der Waals surface area contributed by atoms with Crippen LogP contribution in [0.15, 0.2) is 158 Å². The van der Waals surface area contributed by atoms with Crippen LogP contribution in [0.4, 0.5) is 0 Å². The van der Waals surface area contributed by atoms with Crippen LogP contribution in [0.2, 0.25) is 0 Å². The van der Waals surface area contributed by atoms with Gasteiger partial charge in [0.05, 0.1) is 16.3 Å². The van der Waals surface area contributed by atoms with Gasteiger partial charge in [-0.25, -0.2) is 0 Å². The van der Waals surface area contributed by atoms with Crippen LogP contribution in [0.3, 0.4) is 0 Å². The second-order valence-corrected chi connectivity index (χ2v) is 13.9. The molecule has 0 bridgehead atoms. The first-order valence-corrected chi connectivity index (χ1v) is 16.3. The fourth-order valence-corrected chi connectivity index (χ4v) is 10.6. The molecule has 1 atom stereocenters. The molecule has 2 heterocycles. The minimum Gasteiger partial charge on any atom is -0.308 e. The monoisotopic (exact) mass is 567 g/mol. The molecule has 2 nitrogen and oxygen atoms in total. The summed E-state index contributed by atoms with van der Waals surface area (Å²) in [5.41, 5.74) is 7.68. The lowest BCUT2D eigenvalue weighted by atomic mass is 10.00. The van der Waals surface area contributed by atoms with E-state index in [4.69, 9.17) is 0 Å². The molecule has 1 unspecified atom stereocenters. The second kappa shape index (κ2) is 9.16. The average molecular weight is 568 g/mol. The van der Waals surface area contributed by atoms with E-state index in [1.54, 1.807) is 0 Å². The topological polar surface area (TPSA) is 22.0 Å². The fraction of sp³-hybridized carbons (Fsp3) is 0. The highest BCUT2D eigenvalue weighted by Crippen LogP contribution is 2.56. The molecule has 9 rings (SSSR count). The zero-order valence-corrected chi connectivity index (χ0v) is 24.2. The third-order valence-corrected chi connectivity index (χ3v) is 12.2. The Morgan fingerprint density at radius 3 is 1.84 bits per heavy atom. The number of benzene rings is 7. The van der Waals surface area contributed by atoms with E-state index in [1.165, 1.54) is 11.1 Å². The molecule has 43 heavy (non-hydrogen) atoms. The Balaban J connectivity index is 1.42. The Morgan fingerprint density at radius 1 is 0.442 bits per heavy atom. The first kappa shape index (κ1) is 24.4. The van der Waals surface area contributed by atoms with Gasteiger partial charge < -0.3 is 9.13 Å². The molecule has 0 saturated carbocycles. The smallest absolute Gasteiger partial charge is 0.174 e. The minimum absolute atomic E-state index is 0.870. The predicted octanol–water partition coefficient (Wildman–Crippen LogP) is 9.22. The predicted molar refractivity (Wildman–Crippen MR) is 182 cm³/mol. The Kier molecular flexibility index (Phi) is 5.21. The lowest BCUT2D eigenvalue weighted by Gasteiger charge is -2.20. The van der Waals surface area contributed by atoms with Crippen molar-refractivity contribution in [3.63, 3.8) is 0 Å². The van der Waals surface area contributed by atoms with Crippen molar-refractivity contribution in [3.8, 4) is 27.9 Å². The van der Waals surface area contributed by atoms with Gasteiger partial charge in [0.25, 0.3) is 0 Å². The maximum absolute atomic E-state index is 16.2. The number of hydrogen-bond donors (Lipinski definition) is 0. The van der Waals surface area contributed by atoms with E-state index >= 15 is 4.57 Å². The van der Waals surface area contributed by atoms with Gasteiger partial charge in [-0.15, -0.1) is 0 Å². The number of hydrogen-bond acceptors (Lipinski definition) is 1. The van der Waals surface area contributed by atoms with Crippen LogP contribution < -0.4 is 15.9 Å². The van der Waals surface area contributed by atoms with Gasteiger partial charge in [0, 0.05) is 27.1 Å². The molecule has 3 heteroatoms. The summed E-state index contributed by atoms with van der Waals surface area (Å²) in [7, 11) is -3.27. The standard InChI is InChI=1S/C40H26NOP/c42-43(31-14-5-2-6-15-31)39-32-16-8-7-13-29(32)21-24-35(39)36-26-25-34-33-17-9-10-18-37(33)41(38(34)40(36)43)30-22-19-28(20-23-30)27-11-3-1-4-12-27/h1-26H. The summed E-state index contributed by atoms with van der Waals surface area (Å²) in [6.07, 6.45) is 0. The lowest BCUT2D eigenvalue weighted by Crippen LogP contribution is -2.23. The third kappa shape index (κ3) is 3.39. The number of aromatic nitrogens is 1. The van der Waals surface area contributed by atoms with Crippen molar-refractivity contribution in [2.75, 3.05) is 0 Å². The molecule has 202 valence electrons. The highest BCUT2D eigenvalue weighted by molar-refractivity contribution is 7.87. The minimum atomic E-state index is -3.27. The Morgan fingerprint density at radius 2 is 1.05 bits per heavy atom. The van der Waals surface area contributed by atoms with Crippen molar-refractivity contribution in [1.29, 1.82) is 0 Å². The molecule has 0 radical (unpaired) electrons. The van der Waals surface area contributed by atoms with Crippen molar-refractivity contribution in [1.82, 2.24) is 4.57 Å². The van der Waals surface area contributed by atoms with E-state index in [-0.39, 0.29) is 0 Å². The molecule has 7 aromatic carbocycles. The van der Waals surface area contributed by atoms with Crippen LogP contribution in [-0.4, -0.2) is 4.57 Å². The molecule has 0 amide bonds. The lowest BCUT2D eigenvalue weighted by molar-refractivity contribution is 0.593. The molecule has 1 aliphatic heterocycles. The largest absolute Gasteiger partial charge is 0.308 e. The number of nitrogens with zero attached hydrogens (tertiary/aromatic N) is 1. The summed E-state index contributed by atoms with van der Waals surface area (Å²) in [4.78, 5) is 0. The van der Waals surface area contributed by atoms with E-state index in [1.807, 2.05) is 36.4 Å². The molecule has 0 spiro atoms.